The van der Waals surface area contributed by atoms with Crippen LogP contribution in [-0.2, 0) is 10.2 Å². The van der Waals surface area contributed by atoms with Gasteiger partial charge in [-0.1, -0.05) is 36.0 Å². The maximum absolute atomic E-state index is 11.5. The molecule has 0 aromatic heterocycles. The third-order valence-corrected chi connectivity index (χ3v) is 3.72. The highest BCUT2D eigenvalue weighted by atomic mass is 35.5. The van der Waals surface area contributed by atoms with Crippen LogP contribution in [0.25, 0.3) is 0 Å². The van der Waals surface area contributed by atoms with Crippen molar-refractivity contribution >= 4 is 29.2 Å². The molecule has 0 bridgehead atoms. The largest absolute Gasteiger partial charge is 0.481 e. The van der Waals surface area contributed by atoms with Crippen LogP contribution in [0, 0.1) is 0 Å². The first kappa shape index (κ1) is 11.7. The smallest absolute Gasteiger partial charge is 0.314 e. The van der Waals surface area contributed by atoms with Crippen molar-refractivity contribution in [2.75, 3.05) is 0 Å². The highest BCUT2D eigenvalue weighted by Crippen LogP contribution is 2.42. The summed E-state index contributed by atoms with van der Waals surface area (Å²) in [6.07, 6.45) is 3.21. The van der Waals surface area contributed by atoms with Gasteiger partial charge in [-0.2, -0.15) is 0 Å². The monoisotopic (exact) mass is 258 g/mol. The topological polar surface area (TPSA) is 37.3 Å². The summed E-state index contributed by atoms with van der Waals surface area (Å²) < 4.78 is 0. The molecule has 1 fully saturated rings. The predicted molar refractivity (Wildman–Crippen MR) is 64.2 cm³/mol. The van der Waals surface area contributed by atoms with E-state index in [-0.39, 0.29) is 0 Å². The molecule has 2 nitrogen and oxygen atoms in total. The van der Waals surface area contributed by atoms with Crippen LogP contribution in [0.3, 0.4) is 0 Å². The van der Waals surface area contributed by atoms with Gasteiger partial charge in [0.2, 0.25) is 0 Å². The summed E-state index contributed by atoms with van der Waals surface area (Å²) in [5.41, 5.74) is -0.0517. The molecule has 4 heteroatoms. The molecule has 1 aromatic rings. The van der Waals surface area contributed by atoms with Crippen molar-refractivity contribution in [1.29, 1.82) is 0 Å². The SMILES string of the molecule is O=C(O)C1(c2cc(Cl)cc(Cl)c2)CCCC1. The number of rotatable bonds is 2. The minimum absolute atomic E-state index is 0.495. The molecule has 0 atom stereocenters. The fourth-order valence-corrected chi connectivity index (χ4v) is 2.96. The zero-order valence-corrected chi connectivity index (χ0v) is 10.2. The number of halogens is 2. The first-order valence-electron chi connectivity index (χ1n) is 5.24. The Labute approximate surface area is 104 Å². The highest BCUT2D eigenvalue weighted by molar-refractivity contribution is 6.34. The Morgan fingerprint density at radius 2 is 1.62 bits per heavy atom. The molecule has 1 N–H and O–H groups in total. The van der Waals surface area contributed by atoms with Gasteiger partial charge >= 0.3 is 5.97 Å². The van der Waals surface area contributed by atoms with Gasteiger partial charge in [0.15, 0.2) is 0 Å². The van der Waals surface area contributed by atoms with E-state index in [1.807, 2.05) is 0 Å². The molecule has 16 heavy (non-hydrogen) atoms. The third-order valence-electron chi connectivity index (χ3n) is 3.28. The van der Waals surface area contributed by atoms with Gasteiger partial charge in [0, 0.05) is 10.0 Å². The van der Waals surface area contributed by atoms with E-state index in [2.05, 4.69) is 0 Å². The second kappa shape index (κ2) is 4.27. The lowest BCUT2D eigenvalue weighted by atomic mass is 9.79. The molecule has 2 rings (SSSR count). The van der Waals surface area contributed by atoms with E-state index in [0.29, 0.717) is 22.9 Å². The van der Waals surface area contributed by atoms with Crippen LogP contribution in [0.15, 0.2) is 18.2 Å². The van der Waals surface area contributed by atoms with Crippen LogP contribution in [0.4, 0.5) is 0 Å². The molecule has 0 saturated heterocycles. The first-order valence-corrected chi connectivity index (χ1v) is 6.00. The molecule has 0 aliphatic heterocycles. The van der Waals surface area contributed by atoms with Crippen LogP contribution in [0.1, 0.15) is 31.2 Å². The number of benzene rings is 1. The zero-order valence-electron chi connectivity index (χ0n) is 8.67. The van der Waals surface area contributed by atoms with E-state index in [1.54, 1.807) is 18.2 Å². The lowest BCUT2D eigenvalue weighted by Gasteiger charge is -2.24. The average molecular weight is 259 g/mol. The molecule has 86 valence electrons. The lowest BCUT2D eigenvalue weighted by Crippen LogP contribution is -2.32. The summed E-state index contributed by atoms with van der Waals surface area (Å²) in [4.78, 5) is 11.5. The van der Waals surface area contributed by atoms with Gasteiger partial charge in [-0.25, -0.2) is 0 Å². The molecule has 1 aromatic carbocycles. The second-order valence-corrected chi connectivity index (χ2v) is 5.13. The van der Waals surface area contributed by atoms with Gasteiger partial charge in [-0.05, 0) is 36.6 Å². The molecule has 1 aliphatic carbocycles. The lowest BCUT2D eigenvalue weighted by molar-refractivity contribution is -0.143. The molecule has 1 aliphatic rings. The highest BCUT2D eigenvalue weighted by Gasteiger charge is 2.43. The van der Waals surface area contributed by atoms with E-state index in [0.717, 1.165) is 18.4 Å². The standard InChI is InChI=1S/C12H12Cl2O2/c13-9-5-8(6-10(14)7-9)12(11(15)16)3-1-2-4-12/h5-7H,1-4H2,(H,15,16). The number of carboxylic acids is 1. The minimum atomic E-state index is -0.783. The quantitative estimate of drug-likeness (QED) is 0.874. The Morgan fingerprint density at radius 3 is 2.06 bits per heavy atom. The Hall–Kier alpha value is -0.730. The molecule has 0 amide bonds. The fraction of sp³-hybridized carbons (Fsp3) is 0.417. The maximum Gasteiger partial charge on any atom is 0.314 e. The molecule has 0 spiro atoms. The molecule has 0 unspecified atom stereocenters. The third kappa shape index (κ3) is 1.92. The Balaban J connectivity index is 2.51. The number of carboxylic acid groups (broad SMARTS) is 1. The first-order chi connectivity index (χ1) is 7.54. The van der Waals surface area contributed by atoms with Gasteiger partial charge in [-0.3, -0.25) is 4.79 Å². The van der Waals surface area contributed by atoms with Crippen molar-refractivity contribution in [3.05, 3.63) is 33.8 Å². The molecule has 0 heterocycles. The maximum atomic E-state index is 11.5. The normalized spacial score (nSPS) is 18.6. The van der Waals surface area contributed by atoms with E-state index in [1.165, 1.54) is 0 Å². The van der Waals surface area contributed by atoms with Crippen molar-refractivity contribution in [2.24, 2.45) is 0 Å². The number of hydrogen-bond acceptors (Lipinski definition) is 1. The van der Waals surface area contributed by atoms with Crippen LogP contribution < -0.4 is 0 Å². The summed E-state index contributed by atoms with van der Waals surface area (Å²) in [7, 11) is 0. The van der Waals surface area contributed by atoms with Crippen molar-refractivity contribution in [2.45, 2.75) is 31.1 Å². The summed E-state index contributed by atoms with van der Waals surface area (Å²) in [5, 5.41) is 10.4. The molecule has 0 radical (unpaired) electrons. The van der Waals surface area contributed by atoms with E-state index in [4.69, 9.17) is 23.2 Å². The second-order valence-electron chi connectivity index (χ2n) is 4.25. The van der Waals surface area contributed by atoms with E-state index in [9.17, 15) is 9.90 Å². The van der Waals surface area contributed by atoms with E-state index < -0.39 is 11.4 Å². The van der Waals surface area contributed by atoms with Crippen LogP contribution in [-0.4, -0.2) is 11.1 Å². The van der Waals surface area contributed by atoms with Gasteiger partial charge < -0.3 is 5.11 Å². The summed E-state index contributed by atoms with van der Waals surface area (Å²) >= 11 is 11.8. The summed E-state index contributed by atoms with van der Waals surface area (Å²) in [6.45, 7) is 0. The number of aliphatic carboxylic acids is 1. The number of hydrogen-bond donors (Lipinski definition) is 1. The minimum Gasteiger partial charge on any atom is -0.481 e. The zero-order chi connectivity index (χ0) is 11.8. The fourth-order valence-electron chi connectivity index (χ4n) is 2.43. The van der Waals surface area contributed by atoms with Crippen LogP contribution in [0.5, 0.6) is 0 Å². The molecular formula is C12H12Cl2O2. The molecule has 1 saturated carbocycles. The van der Waals surface area contributed by atoms with Gasteiger partial charge in [0.25, 0.3) is 0 Å². The van der Waals surface area contributed by atoms with Crippen molar-refractivity contribution in [1.82, 2.24) is 0 Å². The summed E-state index contributed by atoms with van der Waals surface area (Å²) in [6, 6.07) is 5.05. The van der Waals surface area contributed by atoms with Gasteiger partial charge in [0.1, 0.15) is 0 Å². The number of carbonyl (C=O) groups is 1. The van der Waals surface area contributed by atoms with Crippen molar-refractivity contribution < 1.29 is 9.90 Å². The molecular weight excluding hydrogens is 247 g/mol. The Kier molecular flexibility index (Phi) is 3.13. The van der Waals surface area contributed by atoms with Crippen LogP contribution in [0.2, 0.25) is 10.0 Å². The van der Waals surface area contributed by atoms with Gasteiger partial charge in [0.05, 0.1) is 5.41 Å². The van der Waals surface area contributed by atoms with Crippen LogP contribution >= 0.6 is 23.2 Å². The Bertz CT molecular complexity index is 403. The van der Waals surface area contributed by atoms with Crippen molar-refractivity contribution in [3.8, 4) is 0 Å². The van der Waals surface area contributed by atoms with E-state index >= 15 is 0 Å². The Morgan fingerprint density at radius 1 is 1.12 bits per heavy atom. The summed E-state index contributed by atoms with van der Waals surface area (Å²) in [5.74, 6) is -0.775. The van der Waals surface area contributed by atoms with Crippen molar-refractivity contribution in [3.63, 3.8) is 0 Å². The predicted octanol–water partition coefficient (Wildman–Crippen LogP) is 3.89. The van der Waals surface area contributed by atoms with Gasteiger partial charge in [-0.15, -0.1) is 0 Å². The average Bonchev–Trinajstić information content (AvgIpc) is 2.65.